The summed E-state index contributed by atoms with van der Waals surface area (Å²) in [5.74, 6) is 1.32. The fourth-order valence-electron chi connectivity index (χ4n) is 2.03. The van der Waals surface area contributed by atoms with Crippen molar-refractivity contribution in [1.82, 2.24) is 0 Å². The Bertz CT molecular complexity index is 473. The van der Waals surface area contributed by atoms with E-state index in [1.54, 1.807) is 7.11 Å². The Balaban J connectivity index is 2.27. The molecule has 1 heterocycles. The highest BCUT2D eigenvalue weighted by molar-refractivity contribution is 14.1. The second kappa shape index (κ2) is 6.45. The number of cyclic esters (lactones) is 1. The van der Waals surface area contributed by atoms with Gasteiger partial charge in [-0.2, -0.15) is 0 Å². The molecule has 1 saturated heterocycles. The molecule has 1 unspecified atom stereocenters. The maximum Gasteiger partial charge on any atom is 0.306 e. The lowest BCUT2D eigenvalue weighted by molar-refractivity contribution is -0.141. The van der Waals surface area contributed by atoms with Crippen LogP contribution in [0.15, 0.2) is 12.1 Å². The third-order valence-corrected chi connectivity index (χ3v) is 3.76. The lowest BCUT2D eigenvalue weighted by Crippen LogP contribution is -2.04. The Hall–Kier alpha value is -0.980. The van der Waals surface area contributed by atoms with E-state index in [2.05, 4.69) is 29.5 Å². The van der Waals surface area contributed by atoms with Crippen LogP contribution < -0.4 is 9.47 Å². The number of ether oxygens (including phenoxy) is 3. The summed E-state index contributed by atoms with van der Waals surface area (Å²) in [7, 11) is 1.62. The molecule has 5 heteroatoms. The number of carbonyl (C=O) groups is 1. The van der Waals surface area contributed by atoms with E-state index in [1.165, 1.54) is 0 Å². The molecule has 1 atom stereocenters. The molecule has 4 nitrogen and oxygen atoms in total. The van der Waals surface area contributed by atoms with E-state index < -0.39 is 0 Å². The Kier molecular flexibility index (Phi) is 4.90. The molecule has 1 aliphatic rings. The van der Waals surface area contributed by atoms with E-state index in [9.17, 15) is 4.79 Å². The van der Waals surface area contributed by atoms with E-state index in [0.717, 1.165) is 27.7 Å². The van der Waals surface area contributed by atoms with Crippen molar-refractivity contribution in [2.75, 3.05) is 13.7 Å². The van der Waals surface area contributed by atoms with Crippen LogP contribution in [0.2, 0.25) is 0 Å². The van der Waals surface area contributed by atoms with Gasteiger partial charge in [0.1, 0.15) is 6.10 Å². The third-order valence-electron chi connectivity index (χ3n) is 2.96. The first-order valence-electron chi connectivity index (χ1n) is 6.35. The van der Waals surface area contributed by atoms with Crippen LogP contribution in [0.5, 0.6) is 11.5 Å². The zero-order chi connectivity index (χ0) is 13.8. The Labute approximate surface area is 126 Å². The molecule has 1 aromatic carbocycles. The minimum Gasteiger partial charge on any atom is -0.493 e. The minimum atomic E-state index is -0.157. The van der Waals surface area contributed by atoms with Crippen molar-refractivity contribution in [1.29, 1.82) is 0 Å². The van der Waals surface area contributed by atoms with Crippen LogP contribution in [0.4, 0.5) is 0 Å². The average Bonchev–Trinajstić information content (AvgIpc) is 2.83. The summed E-state index contributed by atoms with van der Waals surface area (Å²) < 4.78 is 17.3. The average molecular weight is 376 g/mol. The van der Waals surface area contributed by atoms with Crippen LogP contribution in [0.1, 0.15) is 37.9 Å². The van der Waals surface area contributed by atoms with E-state index in [-0.39, 0.29) is 12.1 Å². The first-order chi connectivity index (χ1) is 9.15. The summed E-state index contributed by atoms with van der Waals surface area (Å²) in [5.41, 5.74) is 0.968. The maximum absolute atomic E-state index is 11.2. The van der Waals surface area contributed by atoms with Gasteiger partial charge in [-0.15, -0.1) is 0 Å². The van der Waals surface area contributed by atoms with Crippen molar-refractivity contribution < 1.29 is 19.0 Å². The normalized spacial score (nSPS) is 18.3. The van der Waals surface area contributed by atoms with Crippen LogP contribution in [-0.4, -0.2) is 19.7 Å². The number of hydrogen-bond acceptors (Lipinski definition) is 4. The predicted molar refractivity (Wildman–Crippen MR) is 79.6 cm³/mol. The first kappa shape index (κ1) is 14.4. The first-order valence-corrected chi connectivity index (χ1v) is 7.43. The fourth-order valence-corrected chi connectivity index (χ4v) is 2.81. The molecule has 0 bridgehead atoms. The van der Waals surface area contributed by atoms with Gasteiger partial charge < -0.3 is 14.2 Å². The van der Waals surface area contributed by atoms with Gasteiger partial charge in [0.15, 0.2) is 11.5 Å². The highest BCUT2D eigenvalue weighted by Gasteiger charge is 2.26. The van der Waals surface area contributed by atoms with E-state index in [1.807, 2.05) is 12.1 Å². The number of hydrogen-bond donors (Lipinski definition) is 0. The molecule has 0 spiro atoms. The van der Waals surface area contributed by atoms with E-state index >= 15 is 0 Å². The summed E-state index contributed by atoms with van der Waals surface area (Å²) in [6, 6.07) is 3.90. The summed E-state index contributed by atoms with van der Waals surface area (Å²) in [6.45, 7) is 2.72. The molecule has 0 radical (unpaired) electrons. The topological polar surface area (TPSA) is 44.8 Å². The third kappa shape index (κ3) is 3.32. The zero-order valence-corrected chi connectivity index (χ0v) is 13.2. The van der Waals surface area contributed by atoms with Crippen LogP contribution >= 0.6 is 22.6 Å². The van der Waals surface area contributed by atoms with Crippen LogP contribution in [0, 0.1) is 3.57 Å². The molecule has 0 saturated carbocycles. The lowest BCUT2D eigenvalue weighted by Gasteiger charge is -2.16. The second-order valence-corrected chi connectivity index (χ2v) is 5.56. The van der Waals surface area contributed by atoms with Crippen molar-refractivity contribution in [2.45, 2.75) is 32.3 Å². The largest absolute Gasteiger partial charge is 0.493 e. The van der Waals surface area contributed by atoms with Crippen molar-refractivity contribution in [3.8, 4) is 11.5 Å². The van der Waals surface area contributed by atoms with Crippen molar-refractivity contribution in [3.63, 3.8) is 0 Å². The smallest absolute Gasteiger partial charge is 0.306 e. The number of benzene rings is 1. The molecule has 1 aliphatic heterocycles. The molecular formula is C14H17IO4. The summed E-state index contributed by atoms with van der Waals surface area (Å²) in [5, 5.41) is 0. The van der Waals surface area contributed by atoms with Gasteiger partial charge >= 0.3 is 5.97 Å². The lowest BCUT2D eigenvalue weighted by atomic mass is 10.1. The van der Waals surface area contributed by atoms with Crippen molar-refractivity contribution >= 4 is 28.6 Å². The van der Waals surface area contributed by atoms with Gasteiger partial charge in [-0.1, -0.05) is 6.92 Å². The van der Waals surface area contributed by atoms with E-state index in [0.29, 0.717) is 18.8 Å². The Morgan fingerprint density at radius 3 is 2.84 bits per heavy atom. The summed E-state index contributed by atoms with van der Waals surface area (Å²) in [6.07, 6.45) is 2.00. The molecule has 0 aliphatic carbocycles. The Morgan fingerprint density at radius 2 is 2.26 bits per heavy atom. The van der Waals surface area contributed by atoms with E-state index in [4.69, 9.17) is 14.2 Å². The molecule has 0 aromatic heterocycles. The number of carbonyl (C=O) groups excluding carboxylic acids is 1. The second-order valence-electron chi connectivity index (χ2n) is 4.40. The molecular weight excluding hydrogens is 359 g/mol. The van der Waals surface area contributed by atoms with Gasteiger partial charge in [0.05, 0.1) is 17.3 Å². The quantitative estimate of drug-likeness (QED) is 0.583. The number of rotatable bonds is 5. The summed E-state index contributed by atoms with van der Waals surface area (Å²) in [4.78, 5) is 11.2. The minimum absolute atomic E-state index is 0.134. The molecule has 104 valence electrons. The van der Waals surface area contributed by atoms with Crippen molar-refractivity contribution in [3.05, 3.63) is 21.3 Å². The van der Waals surface area contributed by atoms with Gasteiger partial charge in [0.2, 0.25) is 0 Å². The molecule has 1 fully saturated rings. The molecule has 0 N–H and O–H groups in total. The fraction of sp³-hybridized carbons (Fsp3) is 0.500. The molecule has 2 rings (SSSR count). The highest BCUT2D eigenvalue weighted by atomic mass is 127. The zero-order valence-electron chi connectivity index (χ0n) is 11.1. The van der Waals surface area contributed by atoms with Gasteiger partial charge in [-0.25, -0.2) is 0 Å². The molecule has 0 amide bonds. The number of halogens is 1. The Morgan fingerprint density at radius 1 is 1.47 bits per heavy atom. The maximum atomic E-state index is 11.2. The van der Waals surface area contributed by atoms with Crippen LogP contribution in [0.25, 0.3) is 0 Å². The number of esters is 1. The summed E-state index contributed by atoms with van der Waals surface area (Å²) >= 11 is 2.22. The monoisotopic (exact) mass is 376 g/mol. The standard InChI is InChI=1S/C14H17IO4/c1-3-6-18-14-10(15)7-9(8-12(14)17-2)11-4-5-13(16)19-11/h7-8,11H,3-6H2,1-2H3. The van der Waals surface area contributed by atoms with Crippen molar-refractivity contribution in [2.24, 2.45) is 0 Å². The molecule has 1 aromatic rings. The van der Waals surface area contributed by atoms with Crippen LogP contribution in [0.3, 0.4) is 0 Å². The van der Waals surface area contributed by atoms with Gasteiger partial charge in [-0.3, -0.25) is 4.79 Å². The number of methoxy groups -OCH3 is 1. The highest BCUT2D eigenvalue weighted by Crippen LogP contribution is 2.39. The predicted octanol–water partition coefficient (Wildman–Crippen LogP) is 3.47. The van der Waals surface area contributed by atoms with Gasteiger partial charge in [0.25, 0.3) is 0 Å². The van der Waals surface area contributed by atoms with Gasteiger partial charge in [0, 0.05) is 6.42 Å². The SMILES string of the molecule is CCCOc1c(I)cc(C2CCC(=O)O2)cc1OC. The van der Waals surface area contributed by atoms with Crippen LogP contribution in [-0.2, 0) is 9.53 Å². The molecule has 19 heavy (non-hydrogen) atoms. The van der Waals surface area contributed by atoms with Gasteiger partial charge in [-0.05, 0) is 53.1 Å².